The van der Waals surface area contributed by atoms with Gasteiger partial charge in [-0.3, -0.25) is 4.99 Å². The molecule has 4 nitrogen and oxygen atoms in total. The van der Waals surface area contributed by atoms with Crippen LogP contribution in [0.5, 0.6) is 0 Å². The Morgan fingerprint density at radius 3 is 2.78 bits per heavy atom. The lowest BCUT2D eigenvalue weighted by molar-refractivity contribution is 0.152. The van der Waals surface area contributed by atoms with Crippen molar-refractivity contribution in [2.75, 3.05) is 40.4 Å². The molecule has 0 aliphatic carbocycles. The van der Waals surface area contributed by atoms with Crippen LogP contribution in [0.2, 0.25) is 0 Å². The molecule has 0 unspecified atom stereocenters. The van der Waals surface area contributed by atoms with Gasteiger partial charge in [0.05, 0.1) is 6.61 Å². The highest BCUT2D eigenvalue weighted by atomic mass is 16.5. The molecule has 0 spiro atoms. The quantitative estimate of drug-likeness (QED) is 0.282. The molecule has 18 heavy (non-hydrogen) atoms. The van der Waals surface area contributed by atoms with Gasteiger partial charge in [-0.2, -0.15) is 0 Å². The zero-order valence-electron chi connectivity index (χ0n) is 12.2. The van der Waals surface area contributed by atoms with Crippen molar-refractivity contribution in [3.8, 4) is 0 Å². The van der Waals surface area contributed by atoms with Crippen LogP contribution in [0.25, 0.3) is 0 Å². The van der Waals surface area contributed by atoms with Crippen molar-refractivity contribution >= 4 is 5.96 Å². The van der Waals surface area contributed by atoms with Crippen LogP contribution in [0.3, 0.4) is 0 Å². The van der Waals surface area contributed by atoms with Crippen molar-refractivity contribution in [2.24, 2.45) is 4.99 Å². The molecule has 0 aliphatic heterocycles. The summed E-state index contributed by atoms with van der Waals surface area (Å²) < 4.78 is 5.29. The molecule has 0 aromatic heterocycles. The van der Waals surface area contributed by atoms with Crippen molar-refractivity contribution in [3.63, 3.8) is 0 Å². The van der Waals surface area contributed by atoms with Gasteiger partial charge in [-0.15, -0.1) is 6.58 Å². The molecule has 0 aromatic rings. The maximum absolute atomic E-state index is 5.29. The van der Waals surface area contributed by atoms with E-state index in [-0.39, 0.29) is 0 Å². The second-order valence-corrected chi connectivity index (χ2v) is 4.23. The summed E-state index contributed by atoms with van der Waals surface area (Å²) >= 11 is 0. The fraction of sp³-hybridized carbons (Fsp3) is 0.786. The molecule has 0 fully saturated rings. The summed E-state index contributed by atoms with van der Waals surface area (Å²) in [4.78, 5) is 6.43. The molecule has 106 valence electrons. The van der Waals surface area contributed by atoms with Crippen molar-refractivity contribution in [2.45, 2.75) is 32.6 Å². The van der Waals surface area contributed by atoms with Crippen LogP contribution < -0.4 is 5.32 Å². The Labute approximate surface area is 112 Å². The molecule has 4 heteroatoms. The van der Waals surface area contributed by atoms with Gasteiger partial charge in [0.1, 0.15) is 0 Å². The Balaban J connectivity index is 3.68. The van der Waals surface area contributed by atoms with E-state index in [0.717, 1.165) is 38.7 Å². The zero-order chi connectivity index (χ0) is 13.6. The average molecular weight is 255 g/mol. The molecule has 0 aromatic carbocycles. The minimum atomic E-state index is 0.725. The third-order valence-electron chi connectivity index (χ3n) is 2.71. The van der Waals surface area contributed by atoms with Crippen LogP contribution in [-0.4, -0.2) is 51.3 Å². The lowest BCUT2D eigenvalue weighted by atomic mass is 10.2. The molecule has 0 saturated heterocycles. The standard InChI is InChI=1S/C14H29N3O/c1-5-7-8-9-10-12-17(4)14(15-3)16-11-13-18-6-2/h5H,1,6-13H2,2-4H3,(H,15,16). The van der Waals surface area contributed by atoms with Gasteiger partial charge in [0.2, 0.25) is 0 Å². The maximum Gasteiger partial charge on any atom is 0.193 e. The third kappa shape index (κ3) is 9.05. The van der Waals surface area contributed by atoms with Crippen LogP contribution in [0.1, 0.15) is 32.6 Å². The molecule has 0 amide bonds. The highest BCUT2D eigenvalue weighted by molar-refractivity contribution is 5.79. The van der Waals surface area contributed by atoms with Crippen molar-refractivity contribution in [1.82, 2.24) is 10.2 Å². The van der Waals surface area contributed by atoms with Gasteiger partial charge in [-0.1, -0.05) is 12.5 Å². The SMILES string of the molecule is C=CCCCCCN(C)C(=NC)NCCOCC. The van der Waals surface area contributed by atoms with Crippen LogP contribution >= 0.6 is 0 Å². The molecular formula is C14H29N3O. The smallest absolute Gasteiger partial charge is 0.193 e. The highest BCUT2D eigenvalue weighted by Crippen LogP contribution is 2.01. The summed E-state index contributed by atoms with van der Waals surface area (Å²) in [7, 11) is 3.89. The van der Waals surface area contributed by atoms with Gasteiger partial charge in [0.25, 0.3) is 0 Å². The van der Waals surface area contributed by atoms with Crippen LogP contribution in [0.15, 0.2) is 17.6 Å². The Kier molecular flexibility index (Phi) is 11.7. The summed E-state index contributed by atoms with van der Waals surface area (Å²) in [5.41, 5.74) is 0. The lowest BCUT2D eigenvalue weighted by Gasteiger charge is -2.22. The molecular weight excluding hydrogens is 226 g/mol. The van der Waals surface area contributed by atoms with E-state index in [4.69, 9.17) is 4.74 Å². The zero-order valence-corrected chi connectivity index (χ0v) is 12.2. The van der Waals surface area contributed by atoms with E-state index < -0.39 is 0 Å². The number of allylic oxidation sites excluding steroid dienone is 1. The number of nitrogens with zero attached hydrogens (tertiary/aromatic N) is 2. The minimum absolute atomic E-state index is 0.725. The van der Waals surface area contributed by atoms with Crippen LogP contribution in [0.4, 0.5) is 0 Å². The van der Waals surface area contributed by atoms with E-state index in [1.807, 2.05) is 20.0 Å². The number of ether oxygens (including phenoxy) is 1. The number of hydrogen-bond acceptors (Lipinski definition) is 2. The molecule has 0 bridgehead atoms. The number of rotatable bonds is 10. The van der Waals surface area contributed by atoms with E-state index in [2.05, 4.69) is 28.8 Å². The van der Waals surface area contributed by atoms with Gasteiger partial charge < -0.3 is 15.0 Å². The fourth-order valence-corrected chi connectivity index (χ4v) is 1.68. The summed E-state index contributed by atoms with van der Waals surface area (Å²) in [5, 5.41) is 3.29. The Bertz CT molecular complexity index is 229. The second-order valence-electron chi connectivity index (χ2n) is 4.23. The van der Waals surface area contributed by atoms with E-state index in [1.165, 1.54) is 19.3 Å². The number of aliphatic imine (C=N–C) groups is 1. The third-order valence-corrected chi connectivity index (χ3v) is 2.71. The molecule has 0 heterocycles. The van der Waals surface area contributed by atoms with E-state index in [0.29, 0.717) is 0 Å². The summed E-state index contributed by atoms with van der Waals surface area (Å²) in [6.07, 6.45) is 6.76. The summed E-state index contributed by atoms with van der Waals surface area (Å²) in [6.45, 7) is 9.06. The van der Waals surface area contributed by atoms with Crippen LogP contribution in [-0.2, 0) is 4.74 Å². The molecule has 1 N–H and O–H groups in total. The first-order valence-corrected chi connectivity index (χ1v) is 6.86. The molecule has 0 rings (SSSR count). The maximum atomic E-state index is 5.29. The number of hydrogen-bond donors (Lipinski definition) is 1. The van der Waals surface area contributed by atoms with Gasteiger partial charge in [0.15, 0.2) is 5.96 Å². The van der Waals surface area contributed by atoms with E-state index in [1.54, 1.807) is 0 Å². The Morgan fingerprint density at radius 2 is 2.17 bits per heavy atom. The van der Waals surface area contributed by atoms with E-state index >= 15 is 0 Å². The number of guanidine groups is 1. The first-order chi connectivity index (χ1) is 8.76. The van der Waals surface area contributed by atoms with Crippen LogP contribution in [0, 0.1) is 0 Å². The van der Waals surface area contributed by atoms with Gasteiger partial charge in [-0.05, 0) is 26.2 Å². The van der Waals surface area contributed by atoms with Gasteiger partial charge >= 0.3 is 0 Å². The minimum Gasteiger partial charge on any atom is -0.380 e. The predicted octanol–water partition coefficient (Wildman–Crippen LogP) is 2.28. The van der Waals surface area contributed by atoms with E-state index in [9.17, 15) is 0 Å². The van der Waals surface area contributed by atoms with Crippen molar-refractivity contribution in [1.29, 1.82) is 0 Å². The summed E-state index contributed by atoms with van der Waals surface area (Å²) in [5.74, 6) is 0.943. The predicted molar refractivity (Wildman–Crippen MR) is 79.1 cm³/mol. The molecule has 0 aliphatic rings. The summed E-state index contributed by atoms with van der Waals surface area (Å²) in [6, 6.07) is 0. The molecule has 0 saturated carbocycles. The first-order valence-electron chi connectivity index (χ1n) is 6.86. The van der Waals surface area contributed by atoms with Crippen molar-refractivity contribution in [3.05, 3.63) is 12.7 Å². The lowest BCUT2D eigenvalue weighted by Crippen LogP contribution is -2.40. The monoisotopic (exact) mass is 255 g/mol. The average Bonchev–Trinajstić information content (AvgIpc) is 2.38. The topological polar surface area (TPSA) is 36.9 Å². The normalized spacial score (nSPS) is 11.4. The van der Waals surface area contributed by atoms with Gasteiger partial charge in [0, 0.05) is 33.8 Å². The fourth-order valence-electron chi connectivity index (χ4n) is 1.68. The molecule has 0 radical (unpaired) electrons. The number of nitrogens with one attached hydrogen (secondary N) is 1. The Hall–Kier alpha value is -1.03. The highest BCUT2D eigenvalue weighted by Gasteiger charge is 2.04. The largest absolute Gasteiger partial charge is 0.380 e. The second kappa shape index (κ2) is 12.4. The first kappa shape index (κ1) is 17.0. The van der Waals surface area contributed by atoms with Gasteiger partial charge in [-0.25, -0.2) is 0 Å². The number of unbranched alkanes of at least 4 members (excludes halogenated alkanes) is 3. The molecule has 0 atom stereocenters. The van der Waals surface area contributed by atoms with Crippen molar-refractivity contribution < 1.29 is 4.74 Å². The Morgan fingerprint density at radius 1 is 1.39 bits per heavy atom.